The lowest BCUT2D eigenvalue weighted by molar-refractivity contribution is 0.0950. The molecule has 1 heterocycles. The molecular formula is C14H17N5O. The topological polar surface area (TPSA) is 84.1 Å². The average Bonchev–Trinajstić information content (AvgIpc) is 2.45. The van der Waals surface area contributed by atoms with Crippen LogP contribution in [0.4, 0.5) is 11.4 Å². The van der Waals surface area contributed by atoms with Crippen LogP contribution >= 0.6 is 0 Å². The number of hydrogen-bond donors (Lipinski definition) is 2. The Morgan fingerprint density at radius 1 is 1.35 bits per heavy atom. The first-order chi connectivity index (χ1) is 9.58. The van der Waals surface area contributed by atoms with Gasteiger partial charge >= 0.3 is 0 Å². The zero-order valence-corrected chi connectivity index (χ0v) is 11.5. The summed E-state index contributed by atoms with van der Waals surface area (Å²) >= 11 is 0. The third-order valence-corrected chi connectivity index (χ3v) is 2.83. The Bertz CT molecular complexity index is 598. The molecule has 6 heteroatoms. The molecule has 1 aromatic carbocycles. The van der Waals surface area contributed by atoms with Crippen molar-refractivity contribution >= 4 is 17.3 Å². The molecule has 2 rings (SSSR count). The standard InChI is InChI=1S/C14H17N5O/c1-19(2)13-6-5-10(8-12(13)15)14(20)16-9-11-4-3-7-17-18-11/h3-8H,9,15H2,1-2H3,(H,16,20). The lowest BCUT2D eigenvalue weighted by Crippen LogP contribution is -2.23. The number of benzene rings is 1. The van der Waals surface area contributed by atoms with Crippen molar-refractivity contribution in [3.05, 3.63) is 47.8 Å². The summed E-state index contributed by atoms with van der Waals surface area (Å²) in [5.74, 6) is -0.187. The Labute approximate surface area is 117 Å². The van der Waals surface area contributed by atoms with Gasteiger partial charge in [0.1, 0.15) is 0 Å². The van der Waals surface area contributed by atoms with Crippen LogP contribution in [0, 0.1) is 0 Å². The number of aromatic nitrogens is 2. The number of nitrogens with one attached hydrogen (secondary N) is 1. The molecule has 0 radical (unpaired) electrons. The number of rotatable bonds is 4. The Morgan fingerprint density at radius 3 is 2.75 bits per heavy atom. The van der Waals surface area contributed by atoms with Crippen LogP contribution in [-0.4, -0.2) is 30.2 Å². The third-order valence-electron chi connectivity index (χ3n) is 2.83. The van der Waals surface area contributed by atoms with E-state index in [1.54, 1.807) is 30.5 Å². The number of hydrogen-bond acceptors (Lipinski definition) is 5. The molecule has 1 aromatic heterocycles. The lowest BCUT2D eigenvalue weighted by Gasteiger charge is -2.15. The minimum Gasteiger partial charge on any atom is -0.397 e. The Balaban J connectivity index is 2.04. The van der Waals surface area contributed by atoms with Gasteiger partial charge in [0.15, 0.2) is 0 Å². The number of carbonyl (C=O) groups is 1. The van der Waals surface area contributed by atoms with Crippen molar-refractivity contribution in [3.63, 3.8) is 0 Å². The van der Waals surface area contributed by atoms with Gasteiger partial charge in [-0.05, 0) is 30.3 Å². The quantitative estimate of drug-likeness (QED) is 0.812. The Kier molecular flexibility index (Phi) is 4.14. The summed E-state index contributed by atoms with van der Waals surface area (Å²) in [6, 6.07) is 8.82. The molecular weight excluding hydrogens is 254 g/mol. The summed E-state index contributed by atoms with van der Waals surface area (Å²) in [5, 5.41) is 10.4. The maximum Gasteiger partial charge on any atom is 0.251 e. The van der Waals surface area contributed by atoms with Crippen LogP contribution in [0.2, 0.25) is 0 Å². The number of carbonyl (C=O) groups excluding carboxylic acids is 1. The van der Waals surface area contributed by atoms with E-state index in [-0.39, 0.29) is 5.91 Å². The summed E-state index contributed by atoms with van der Waals surface area (Å²) in [6.07, 6.45) is 1.59. The van der Waals surface area contributed by atoms with Gasteiger partial charge in [0, 0.05) is 25.9 Å². The van der Waals surface area contributed by atoms with Crippen LogP contribution in [0.15, 0.2) is 36.5 Å². The van der Waals surface area contributed by atoms with Crippen LogP contribution < -0.4 is 16.0 Å². The maximum absolute atomic E-state index is 12.0. The average molecular weight is 271 g/mol. The molecule has 2 aromatic rings. The van der Waals surface area contributed by atoms with Crippen LogP contribution in [0.25, 0.3) is 0 Å². The second-order valence-electron chi connectivity index (χ2n) is 4.57. The van der Waals surface area contributed by atoms with Gasteiger partial charge in [0.25, 0.3) is 5.91 Å². The second-order valence-corrected chi connectivity index (χ2v) is 4.57. The molecule has 3 N–H and O–H groups in total. The van der Waals surface area contributed by atoms with Gasteiger partial charge in [-0.3, -0.25) is 4.79 Å². The normalized spacial score (nSPS) is 10.1. The molecule has 0 aliphatic heterocycles. The number of amides is 1. The van der Waals surface area contributed by atoms with Crippen molar-refractivity contribution in [2.24, 2.45) is 0 Å². The van der Waals surface area contributed by atoms with E-state index in [9.17, 15) is 4.79 Å². The molecule has 0 unspecified atom stereocenters. The molecule has 0 saturated heterocycles. The highest BCUT2D eigenvalue weighted by atomic mass is 16.1. The SMILES string of the molecule is CN(C)c1ccc(C(=O)NCc2cccnn2)cc1N. The smallest absolute Gasteiger partial charge is 0.251 e. The first-order valence-electron chi connectivity index (χ1n) is 6.19. The summed E-state index contributed by atoms with van der Waals surface area (Å²) in [6.45, 7) is 0.335. The molecule has 1 amide bonds. The molecule has 0 spiro atoms. The van der Waals surface area contributed by atoms with Crippen molar-refractivity contribution in [2.45, 2.75) is 6.54 Å². The van der Waals surface area contributed by atoms with Gasteiger partial charge in [-0.15, -0.1) is 0 Å². The highest BCUT2D eigenvalue weighted by molar-refractivity contribution is 5.96. The maximum atomic E-state index is 12.0. The van der Waals surface area contributed by atoms with Crippen molar-refractivity contribution in [1.82, 2.24) is 15.5 Å². The van der Waals surface area contributed by atoms with Gasteiger partial charge in [-0.25, -0.2) is 0 Å². The van der Waals surface area contributed by atoms with Gasteiger partial charge in [-0.2, -0.15) is 10.2 Å². The van der Waals surface area contributed by atoms with E-state index >= 15 is 0 Å². The van der Waals surface area contributed by atoms with Crippen LogP contribution in [0.1, 0.15) is 16.1 Å². The van der Waals surface area contributed by atoms with E-state index in [0.717, 1.165) is 5.69 Å². The van der Waals surface area contributed by atoms with Crippen LogP contribution in [-0.2, 0) is 6.54 Å². The first kappa shape index (κ1) is 13.8. The fraction of sp³-hybridized carbons (Fsp3) is 0.214. The van der Waals surface area contributed by atoms with E-state index in [1.165, 1.54) is 0 Å². The van der Waals surface area contributed by atoms with E-state index in [2.05, 4.69) is 15.5 Å². The summed E-state index contributed by atoms with van der Waals surface area (Å²) in [4.78, 5) is 13.9. The molecule has 0 bridgehead atoms. The zero-order valence-electron chi connectivity index (χ0n) is 11.5. The van der Waals surface area contributed by atoms with Crippen LogP contribution in [0.5, 0.6) is 0 Å². The van der Waals surface area contributed by atoms with Crippen molar-refractivity contribution in [3.8, 4) is 0 Å². The number of anilines is 2. The highest BCUT2D eigenvalue weighted by Crippen LogP contribution is 2.22. The van der Waals surface area contributed by atoms with Gasteiger partial charge in [-0.1, -0.05) is 0 Å². The number of nitrogens with two attached hydrogens (primary N) is 1. The second kappa shape index (κ2) is 6.01. The first-order valence-corrected chi connectivity index (χ1v) is 6.19. The summed E-state index contributed by atoms with van der Waals surface area (Å²) in [7, 11) is 3.80. The van der Waals surface area contributed by atoms with Crippen LogP contribution in [0.3, 0.4) is 0 Å². The van der Waals surface area contributed by atoms with Gasteiger partial charge in [0.05, 0.1) is 23.6 Å². The van der Waals surface area contributed by atoms with Gasteiger partial charge in [0.2, 0.25) is 0 Å². The van der Waals surface area contributed by atoms with E-state index < -0.39 is 0 Å². The molecule has 6 nitrogen and oxygen atoms in total. The summed E-state index contributed by atoms with van der Waals surface area (Å²) in [5.41, 5.74) is 8.61. The number of nitrogen functional groups attached to an aromatic ring is 1. The largest absolute Gasteiger partial charge is 0.397 e. The highest BCUT2D eigenvalue weighted by Gasteiger charge is 2.09. The predicted octanol–water partition coefficient (Wildman–Crippen LogP) is 1.05. The Hall–Kier alpha value is -2.63. The van der Waals surface area contributed by atoms with Crippen molar-refractivity contribution in [2.75, 3.05) is 24.7 Å². The fourth-order valence-electron chi connectivity index (χ4n) is 1.80. The Morgan fingerprint density at radius 2 is 2.15 bits per heavy atom. The van der Waals surface area contributed by atoms with E-state index in [4.69, 9.17) is 5.73 Å². The third kappa shape index (κ3) is 3.23. The molecule has 0 aliphatic carbocycles. The molecule has 0 saturated carbocycles. The number of nitrogens with zero attached hydrogens (tertiary/aromatic N) is 3. The molecule has 20 heavy (non-hydrogen) atoms. The minimum atomic E-state index is -0.187. The minimum absolute atomic E-state index is 0.187. The molecule has 104 valence electrons. The molecule has 0 fully saturated rings. The lowest BCUT2D eigenvalue weighted by atomic mass is 10.1. The monoisotopic (exact) mass is 271 g/mol. The summed E-state index contributed by atoms with van der Waals surface area (Å²) < 4.78 is 0. The van der Waals surface area contributed by atoms with Gasteiger partial charge < -0.3 is 16.0 Å². The molecule has 0 aliphatic rings. The predicted molar refractivity (Wildman–Crippen MR) is 78.4 cm³/mol. The molecule has 0 atom stereocenters. The van der Waals surface area contributed by atoms with E-state index in [0.29, 0.717) is 23.5 Å². The zero-order chi connectivity index (χ0) is 14.5. The van der Waals surface area contributed by atoms with Crippen molar-refractivity contribution < 1.29 is 4.79 Å². The van der Waals surface area contributed by atoms with E-state index in [1.807, 2.05) is 25.1 Å². The van der Waals surface area contributed by atoms with Crippen molar-refractivity contribution in [1.29, 1.82) is 0 Å². The fourth-order valence-corrected chi connectivity index (χ4v) is 1.80.